The second-order valence-corrected chi connectivity index (χ2v) is 8.40. The minimum atomic E-state index is -0.798. The number of allylic oxidation sites excluding steroid dienone is 2. The first kappa shape index (κ1) is 21.2. The van der Waals surface area contributed by atoms with Crippen LogP contribution in [0.1, 0.15) is 43.0 Å². The predicted octanol–water partition coefficient (Wildman–Crippen LogP) is 4.37. The molecule has 1 aromatic carbocycles. The number of carbonyl (C=O) groups is 1. The van der Waals surface area contributed by atoms with Crippen LogP contribution in [-0.4, -0.2) is 34.6 Å². The van der Waals surface area contributed by atoms with Crippen LogP contribution in [0.15, 0.2) is 42.0 Å². The summed E-state index contributed by atoms with van der Waals surface area (Å²) < 4.78 is 11.8. The van der Waals surface area contributed by atoms with Crippen molar-refractivity contribution in [1.29, 1.82) is 0 Å². The van der Waals surface area contributed by atoms with E-state index in [2.05, 4.69) is 25.2 Å². The number of nitro groups is 2. The van der Waals surface area contributed by atoms with Crippen LogP contribution in [0.2, 0.25) is 0 Å². The fourth-order valence-corrected chi connectivity index (χ4v) is 5.14. The average Bonchev–Trinajstić information content (AvgIpc) is 3.13. The molecule has 164 valence electrons. The SMILES string of the molecule is CC1=CC[C@@H](COC(=O)c2cc([N+](=O)[O-])cc([N+](=O)[O-])c2)[C@H]2[C@H]1[C@H]1C/C=C\CC[C@@H]2O1. The van der Waals surface area contributed by atoms with E-state index >= 15 is 0 Å². The number of fused-ring (bicyclic) bond motifs is 5. The quantitative estimate of drug-likeness (QED) is 0.295. The summed E-state index contributed by atoms with van der Waals surface area (Å²) in [7, 11) is 0. The minimum absolute atomic E-state index is 0.0689. The molecule has 0 amide bonds. The highest BCUT2D eigenvalue weighted by molar-refractivity contribution is 5.91. The molecule has 1 saturated heterocycles. The monoisotopic (exact) mass is 428 g/mol. The van der Waals surface area contributed by atoms with E-state index in [1.165, 1.54) is 5.57 Å². The molecule has 31 heavy (non-hydrogen) atoms. The van der Waals surface area contributed by atoms with Crippen molar-refractivity contribution in [3.8, 4) is 0 Å². The van der Waals surface area contributed by atoms with Crippen molar-refractivity contribution in [3.05, 3.63) is 67.8 Å². The highest BCUT2D eigenvalue weighted by Gasteiger charge is 2.49. The number of benzene rings is 1. The van der Waals surface area contributed by atoms with Crippen LogP contribution < -0.4 is 0 Å². The van der Waals surface area contributed by atoms with E-state index in [0.29, 0.717) is 0 Å². The van der Waals surface area contributed by atoms with Gasteiger partial charge in [-0.3, -0.25) is 20.2 Å². The Hall–Kier alpha value is -3.07. The molecule has 1 aliphatic carbocycles. The molecule has 0 spiro atoms. The molecule has 1 aromatic rings. The van der Waals surface area contributed by atoms with Gasteiger partial charge in [-0.25, -0.2) is 4.79 Å². The van der Waals surface area contributed by atoms with Gasteiger partial charge in [-0.15, -0.1) is 0 Å². The lowest BCUT2D eigenvalue weighted by atomic mass is 9.69. The number of rotatable bonds is 5. The van der Waals surface area contributed by atoms with Crippen molar-refractivity contribution in [2.45, 2.75) is 44.8 Å². The van der Waals surface area contributed by atoms with Crippen LogP contribution in [0.4, 0.5) is 11.4 Å². The van der Waals surface area contributed by atoms with Crippen LogP contribution in [-0.2, 0) is 9.47 Å². The van der Waals surface area contributed by atoms with Crippen molar-refractivity contribution >= 4 is 17.3 Å². The lowest BCUT2D eigenvalue weighted by molar-refractivity contribution is -0.394. The zero-order chi connectivity index (χ0) is 22.1. The van der Waals surface area contributed by atoms with E-state index in [1.807, 2.05) is 0 Å². The maximum Gasteiger partial charge on any atom is 0.338 e. The third-order valence-electron chi connectivity index (χ3n) is 6.55. The molecule has 0 unspecified atom stereocenters. The van der Waals surface area contributed by atoms with Crippen LogP contribution in [0, 0.1) is 38.0 Å². The molecule has 9 nitrogen and oxygen atoms in total. The largest absolute Gasteiger partial charge is 0.462 e. The summed E-state index contributed by atoms with van der Waals surface area (Å²) in [5, 5.41) is 22.2. The lowest BCUT2D eigenvalue weighted by Crippen LogP contribution is -2.35. The molecular weight excluding hydrogens is 404 g/mol. The van der Waals surface area contributed by atoms with Gasteiger partial charge in [0.2, 0.25) is 0 Å². The molecule has 0 saturated carbocycles. The van der Waals surface area contributed by atoms with Crippen molar-refractivity contribution in [2.24, 2.45) is 17.8 Å². The molecule has 9 heteroatoms. The summed E-state index contributed by atoms with van der Waals surface area (Å²) in [6.07, 6.45) is 10.3. The Morgan fingerprint density at radius 1 is 1.10 bits per heavy atom. The van der Waals surface area contributed by atoms with E-state index in [9.17, 15) is 25.0 Å². The van der Waals surface area contributed by atoms with Gasteiger partial charge in [0.05, 0.1) is 40.3 Å². The second-order valence-electron chi connectivity index (χ2n) is 8.40. The molecule has 5 atom stereocenters. The Balaban J connectivity index is 1.51. The summed E-state index contributed by atoms with van der Waals surface area (Å²) in [5.41, 5.74) is 0.0785. The Kier molecular flexibility index (Phi) is 5.86. The highest BCUT2D eigenvalue weighted by atomic mass is 16.6. The van der Waals surface area contributed by atoms with Gasteiger partial charge in [0.1, 0.15) is 0 Å². The van der Waals surface area contributed by atoms with E-state index in [0.717, 1.165) is 43.9 Å². The average molecular weight is 428 g/mol. The molecule has 0 N–H and O–H groups in total. The Morgan fingerprint density at radius 2 is 1.81 bits per heavy atom. The van der Waals surface area contributed by atoms with Crippen LogP contribution >= 0.6 is 0 Å². The standard InChI is InChI=1S/C22H24N2O7/c1-13-7-8-14(21-19-6-4-2-3-5-18(31-19)20(13)21)12-30-22(25)15-9-16(23(26)27)11-17(10-15)24(28)29/h2-3,7,9-11,14,18-21H,4-6,8,12H2,1H3/b3-2-/t14-,18+,19-,20+,21+/m0/s1. The summed E-state index contributed by atoms with van der Waals surface area (Å²) in [4.78, 5) is 33.2. The molecule has 4 rings (SSSR count). The van der Waals surface area contributed by atoms with Gasteiger partial charge in [0.15, 0.2) is 0 Å². The third-order valence-corrected chi connectivity index (χ3v) is 6.55. The number of non-ortho nitro benzene ring substituents is 2. The Labute approximate surface area is 179 Å². The van der Waals surface area contributed by atoms with Crippen molar-refractivity contribution in [1.82, 2.24) is 0 Å². The Bertz CT molecular complexity index is 938. The maximum absolute atomic E-state index is 12.6. The molecule has 0 radical (unpaired) electrons. The van der Waals surface area contributed by atoms with E-state index in [1.54, 1.807) is 0 Å². The van der Waals surface area contributed by atoms with Gasteiger partial charge in [0, 0.05) is 29.9 Å². The maximum atomic E-state index is 12.6. The number of nitro benzene ring substituents is 2. The number of nitrogens with zero attached hydrogens (tertiary/aromatic N) is 2. The van der Waals surface area contributed by atoms with Crippen molar-refractivity contribution in [3.63, 3.8) is 0 Å². The fourth-order valence-electron chi connectivity index (χ4n) is 5.14. The van der Waals surface area contributed by atoms with E-state index < -0.39 is 27.2 Å². The topological polar surface area (TPSA) is 122 Å². The van der Waals surface area contributed by atoms with E-state index in [-0.39, 0.29) is 42.1 Å². The molecule has 2 aliphatic heterocycles. The van der Waals surface area contributed by atoms with E-state index in [4.69, 9.17) is 9.47 Å². The number of hydrogen-bond acceptors (Lipinski definition) is 7. The third kappa shape index (κ3) is 4.23. The smallest absolute Gasteiger partial charge is 0.338 e. The summed E-state index contributed by atoms with van der Waals surface area (Å²) in [5.74, 6) is -0.210. The van der Waals surface area contributed by atoms with Gasteiger partial charge in [-0.05, 0) is 32.6 Å². The zero-order valence-corrected chi connectivity index (χ0v) is 17.1. The van der Waals surface area contributed by atoms with Crippen LogP contribution in [0.25, 0.3) is 0 Å². The Morgan fingerprint density at radius 3 is 2.48 bits per heavy atom. The summed E-state index contributed by atoms with van der Waals surface area (Å²) in [6.45, 7) is 2.27. The number of ether oxygens (including phenoxy) is 2. The molecule has 2 bridgehead atoms. The van der Waals surface area contributed by atoms with Crippen LogP contribution in [0.5, 0.6) is 0 Å². The molecule has 3 aliphatic rings. The molecule has 1 fully saturated rings. The van der Waals surface area contributed by atoms with Crippen molar-refractivity contribution < 1.29 is 24.1 Å². The fraction of sp³-hybridized carbons (Fsp3) is 0.500. The minimum Gasteiger partial charge on any atom is -0.462 e. The number of hydrogen-bond donors (Lipinski definition) is 0. The molecule has 0 aromatic heterocycles. The second kappa shape index (κ2) is 8.58. The molecule has 2 heterocycles. The molecular formula is C22H24N2O7. The van der Waals surface area contributed by atoms with Gasteiger partial charge in [-0.1, -0.05) is 23.8 Å². The predicted molar refractivity (Wildman–Crippen MR) is 111 cm³/mol. The number of esters is 1. The first-order chi connectivity index (χ1) is 14.8. The number of carbonyl (C=O) groups excluding carboxylic acids is 1. The van der Waals surface area contributed by atoms with Crippen LogP contribution in [0.3, 0.4) is 0 Å². The van der Waals surface area contributed by atoms with Gasteiger partial charge in [0.25, 0.3) is 11.4 Å². The zero-order valence-electron chi connectivity index (χ0n) is 17.1. The van der Waals surface area contributed by atoms with Gasteiger partial charge >= 0.3 is 5.97 Å². The normalized spacial score (nSPS) is 30.4. The highest BCUT2D eigenvalue weighted by Crippen LogP contribution is 2.49. The summed E-state index contributed by atoms with van der Waals surface area (Å²) >= 11 is 0. The first-order valence-electron chi connectivity index (χ1n) is 10.4. The lowest BCUT2D eigenvalue weighted by Gasteiger charge is -2.35. The summed E-state index contributed by atoms with van der Waals surface area (Å²) in [6, 6.07) is 2.84. The van der Waals surface area contributed by atoms with Crippen molar-refractivity contribution in [2.75, 3.05) is 6.61 Å². The first-order valence-corrected chi connectivity index (χ1v) is 10.4. The van der Waals surface area contributed by atoms with Gasteiger partial charge < -0.3 is 9.47 Å². The van der Waals surface area contributed by atoms with Gasteiger partial charge in [-0.2, -0.15) is 0 Å².